The summed E-state index contributed by atoms with van der Waals surface area (Å²) in [5.41, 5.74) is -1.25. The fourth-order valence-corrected chi connectivity index (χ4v) is 5.07. The molecule has 0 aliphatic carbocycles. The van der Waals surface area contributed by atoms with Crippen LogP contribution in [0.25, 0.3) is 0 Å². The molecule has 0 radical (unpaired) electrons. The van der Waals surface area contributed by atoms with Gasteiger partial charge in [-0.3, -0.25) is 9.78 Å². The van der Waals surface area contributed by atoms with E-state index in [4.69, 9.17) is 4.74 Å². The summed E-state index contributed by atoms with van der Waals surface area (Å²) in [7, 11) is 0. The quantitative estimate of drug-likeness (QED) is 0.276. The number of H-pyrrole nitrogens is 1. The minimum absolute atomic E-state index is 0.448. The maximum atomic E-state index is 12.3. The SMILES string of the molecule is O=c1cc([I+]c2ccccc2)n([C@@H]2O[C@H](CO)[C@@H](O)[C@H]2O)c(=O)[nH]1. The van der Waals surface area contributed by atoms with Gasteiger partial charge in [0.1, 0.15) is 18.3 Å². The first-order valence-electron chi connectivity index (χ1n) is 7.19. The molecule has 1 saturated heterocycles. The molecule has 2 heterocycles. The van der Waals surface area contributed by atoms with E-state index in [0.717, 1.165) is 8.14 Å². The van der Waals surface area contributed by atoms with Gasteiger partial charge >= 0.3 is 26.9 Å². The minimum atomic E-state index is -1.38. The summed E-state index contributed by atoms with van der Waals surface area (Å²) in [4.78, 5) is 26.1. The second-order valence-electron chi connectivity index (χ2n) is 5.25. The highest BCUT2D eigenvalue weighted by molar-refractivity contribution is 5.00. The first-order chi connectivity index (χ1) is 11.5. The molecule has 3 rings (SSSR count). The molecule has 0 bridgehead atoms. The number of hydrogen-bond donors (Lipinski definition) is 4. The van der Waals surface area contributed by atoms with Gasteiger partial charge in [0.25, 0.3) is 9.26 Å². The smallest absolute Gasteiger partial charge is 0.378 e. The Labute approximate surface area is 146 Å². The molecule has 1 aliphatic rings. The van der Waals surface area contributed by atoms with Crippen LogP contribution in [0.2, 0.25) is 0 Å². The van der Waals surface area contributed by atoms with E-state index in [-0.39, 0.29) is 0 Å². The standard InChI is InChI=1S/C15H15IN2O6/c19-7-9-12(21)13(22)14(24-9)18-10(6-11(20)17-15(18)23)16-8-4-2-1-3-5-8/h1-6,9,12-14,19,21-22H,7H2/p+1/t9-,12-,13-,14-/m1/s1. The molecule has 8 nitrogen and oxygen atoms in total. The van der Waals surface area contributed by atoms with E-state index >= 15 is 0 Å². The number of benzene rings is 1. The third kappa shape index (κ3) is 3.30. The molecule has 0 amide bonds. The summed E-state index contributed by atoms with van der Waals surface area (Å²) in [6, 6.07) is 10.7. The van der Waals surface area contributed by atoms with Crippen molar-refractivity contribution in [1.82, 2.24) is 9.55 Å². The molecule has 4 atom stereocenters. The molecule has 1 aromatic heterocycles. The topological polar surface area (TPSA) is 125 Å². The van der Waals surface area contributed by atoms with Gasteiger partial charge in [-0.1, -0.05) is 18.2 Å². The van der Waals surface area contributed by atoms with Crippen LogP contribution in [-0.2, 0) is 4.74 Å². The van der Waals surface area contributed by atoms with E-state index in [9.17, 15) is 24.9 Å². The van der Waals surface area contributed by atoms with E-state index in [1.807, 2.05) is 30.3 Å². The van der Waals surface area contributed by atoms with Gasteiger partial charge in [0.15, 0.2) is 9.80 Å². The van der Waals surface area contributed by atoms with E-state index in [1.54, 1.807) is 0 Å². The van der Waals surface area contributed by atoms with Gasteiger partial charge in [-0.2, -0.15) is 0 Å². The lowest BCUT2D eigenvalue weighted by Gasteiger charge is -2.16. The normalized spacial score (nSPS) is 26.6. The van der Waals surface area contributed by atoms with E-state index in [0.29, 0.717) is 3.70 Å². The number of rotatable bonds is 4. The zero-order chi connectivity index (χ0) is 17.3. The van der Waals surface area contributed by atoms with Crippen LogP contribution < -0.4 is 32.5 Å². The summed E-state index contributed by atoms with van der Waals surface area (Å²) in [6.07, 6.45) is -4.86. The number of aromatic nitrogens is 2. The van der Waals surface area contributed by atoms with Gasteiger partial charge in [-0.15, -0.1) is 0 Å². The maximum Gasteiger partial charge on any atom is 0.378 e. The van der Waals surface area contributed by atoms with Crippen molar-refractivity contribution in [2.45, 2.75) is 24.5 Å². The zero-order valence-corrected chi connectivity index (χ0v) is 14.5. The molecule has 24 heavy (non-hydrogen) atoms. The molecular weight excluding hydrogens is 431 g/mol. The lowest BCUT2D eigenvalue weighted by molar-refractivity contribution is -0.608. The third-order valence-electron chi connectivity index (χ3n) is 3.64. The number of halogens is 1. The Hall–Kier alpha value is -1.53. The summed E-state index contributed by atoms with van der Waals surface area (Å²) >= 11 is -0.890. The molecular formula is C15H16IN2O6+. The Morgan fingerprint density at radius 3 is 2.50 bits per heavy atom. The van der Waals surface area contributed by atoms with Crippen LogP contribution in [0.4, 0.5) is 0 Å². The van der Waals surface area contributed by atoms with Crippen molar-refractivity contribution in [1.29, 1.82) is 0 Å². The second-order valence-corrected chi connectivity index (χ2v) is 8.14. The Balaban J connectivity index is 2.04. The Kier molecular flexibility index (Phi) is 5.15. The number of ether oxygens (including phenoxy) is 1. The van der Waals surface area contributed by atoms with Crippen molar-refractivity contribution in [3.8, 4) is 0 Å². The first-order valence-corrected chi connectivity index (χ1v) is 9.35. The maximum absolute atomic E-state index is 12.3. The summed E-state index contributed by atoms with van der Waals surface area (Å²) < 4.78 is 8.01. The van der Waals surface area contributed by atoms with Gasteiger partial charge in [-0.05, 0) is 12.1 Å². The van der Waals surface area contributed by atoms with Gasteiger partial charge < -0.3 is 20.1 Å². The lowest BCUT2D eigenvalue weighted by Crippen LogP contribution is -3.62. The van der Waals surface area contributed by atoms with Crippen LogP contribution in [0.5, 0.6) is 0 Å². The van der Waals surface area contributed by atoms with Crippen molar-refractivity contribution in [3.05, 3.63) is 64.5 Å². The molecule has 0 saturated carbocycles. The van der Waals surface area contributed by atoms with E-state index in [2.05, 4.69) is 4.98 Å². The van der Waals surface area contributed by atoms with E-state index < -0.39 is 63.6 Å². The highest BCUT2D eigenvalue weighted by Gasteiger charge is 2.45. The number of aliphatic hydroxyl groups excluding tert-OH is 3. The molecule has 1 aromatic carbocycles. The minimum Gasteiger partial charge on any atom is -0.394 e. The molecule has 1 fully saturated rings. The van der Waals surface area contributed by atoms with Crippen LogP contribution in [0.15, 0.2) is 46.0 Å². The van der Waals surface area contributed by atoms with Gasteiger partial charge in [0.05, 0.1) is 12.7 Å². The van der Waals surface area contributed by atoms with Crippen LogP contribution in [0, 0.1) is 7.27 Å². The first kappa shape index (κ1) is 17.3. The predicted molar refractivity (Wildman–Crippen MR) is 78.2 cm³/mol. The third-order valence-corrected chi connectivity index (χ3v) is 6.37. The number of nitrogens with zero attached hydrogens (tertiary/aromatic N) is 1. The number of aromatic amines is 1. The fourth-order valence-electron chi connectivity index (χ4n) is 2.47. The van der Waals surface area contributed by atoms with Crippen molar-refractivity contribution < 1.29 is 41.3 Å². The van der Waals surface area contributed by atoms with Crippen LogP contribution >= 0.6 is 0 Å². The largest absolute Gasteiger partial charge is 0.394 e. The second kappa shape index (κ2) is 7.15. The highest BCUT2D eigenvalue weighted by atomic mass is 127. The number of nitrogens with one attached hydrogen (secondary N) is 1. The molecule has 0 spiro atoms. The van der Waals surface area contributed by atoms with Crippen molar-refractivity contribution >= 4 is 0 Å². The van der Waals surface area contributed by atoms with Gasteiger partial charge in [0.2, 0.25) is 0 Å². The average molecular weight is 447 g/mol. The van der Waals surface area contributed by atoms with Crippen molar-refractivity contribution in [2.24, 2.45) is 0 Å². The highest BCUT2D eigenvalue weighted by Crippen LogP contribution is 2.27. The zero-order valence-electron chi connectivity index (χ0n) is 12.4. The molecule has 0 unspecified atom stereocenters. The van der Waals surface area contributed by atoms with E-state index in [1.165, 1.54) is 6.07 Å². The molecule has 2 aromatic rings. The predicted octanol–water partition coefficient (Wildman–Crippen LogP) is -4.72. The molecule has 1 aliphatic heterocycles. The van der Waals surface area contributed by atoms with Crippen LogP contribution in [-0.4, -0.2) is 49.8 Å². The summed E-state index contributed by atoms with van der Waals surface area (Å²) in [5, 5.41) is 29.3. The lowest BCUT2D eigenvalue weighted by atomic mass is 10.1. The van der Waals surface area contributed by atoms with Crippen LogP contribution in [0.1, 0.15) is 6.23 Å². The monoisotopic (exact) mass is 447 g/mol. The molecule has 9 heteroatoms. The van der Waals surface area contributed by atoms with Gasteiger partial charge in [0, 0.05) is 0 Å². The number of hydrogen-bond acceptors (Lipinski definition) is 6. The Bertz CT molecular complexity index is 821. The van der Waals surface area contributed by atoms with Crippen LogP contribution in [0.3, 0.4) is 0 Å². The summed E-state index contributed by atoms with van der Waals surface area (Å²) in [6.45, 7) is -0.490. The average Bonchev–Trinajstić information content (AvgIpc) is 2.83. The van der Waals surface area contributed by atoms with Gasteiger partial charge in [-0.25, -0.2) is 9.36 Å². The number of aliphatic hydroxyl groups is 3. The Morgan fingerprint density at radius 1 is 1.17 bits per heavy atom. The Morgan fingerprint density at radius 2 is 1.88 bits per heavy atom. The van der Waals surface area contributed by atoms with Crippen molar-refractivity contribution in [2.75, 3.05) is 6.61 Å². The summed E-state index contributed by atoms with van der Waals surface area (Å²) in [5.74, 6) is 0. The van der Waals surface area contributed by atoms with Crippen molar-refractivity contribution in [3.63, 3.8) is 0 Å². The fraction of sp³-hybridized carbons (Fsp3) is 0.333. The molecule has 128 valence electrons. The molecule has 4 N–H and O–H groups in total.